The second kappa shape index (κ2) is 5.71. The number of aromatic nitrogens is 2. The summed E-state index contributed by atoms with van der Waals surface area (Å²) < 4.78 is 13.1. The zero-order chi connectivity index (χ0) is 13.9. The fourth-order valence-corrected chi connectivity index (χ4v) is 2.02. The smallest absolute Gasteiger partial charge is 0.157 e. The van der Waals surface area contributed by atoms with Gasteiger partial charge < -0.3 is 14.5 Å². The molecule has 2 aromatic heterocycles. The van der Waals surface area contributed by atoms with Crippen LogP contribution in [-0.4, -0.2) is 15.8 Å². The Morgan fingerprint density at radius 1 is 1.50 bits per heavy atom. The molecule has 0 aliphatic heterocycles. The van der Waals surface area contributed by atoms with Crippen LogP contribution in [-0.2, 0) is 13.2 Å². The normalized spacial score (nSPS) is 14.9. The van der Waals surface area contributed by atoms with E-state index in [4.69, 9.17) is 9.15 Å². The standard InChI is InChI=1S/C15H21N3O2/c1-11(2)18-9-14(8-17-18)20-10-15-12(5-6-19-15)7-16-13-3-4-13/h5-6,8-9,11,13,16H,3-4,7,10H2,1-2H3. The molecule has 20 heavy (non-hydrogen) atoms. The van der Waals surface area contributed by atoms with Crippen molar-refractivity contribution in [3.63, 3.8) is 0 Å². The Morgan fingerprint density at radius 2 is 2.35 bits per heavy atom. The molecule has 1 fully saturated rings. The lowest BCUT2D eigenvalue weighted by atomic mass is 10.2. The van der Waals surface area contributed by atoms with Crippen molar-refractivity contribution in [3.05, 3.63) is 36.0 Å². The van der Waals surface area contributed by atoms with Gasteiger partial charge in [0, 0.05) is 24.2 Å². The lowest BCUT2D eigenvalue weighted by molar-refractivity contribution is 0.267. The van der Waals surface area contributed by atoms with Crippen LogP contribution in [0.3, 0.4) is 0 Å². The third-order valence-electron chi connectivity index (χ3n) is 3.47. The maximum Gasteiger partial charge on any atom is 0.157 e. The first kappa shape index (κ1) is 13.2. The summed E-state index contributed by atoms with van der Waals surface area (Å²) in [4.78, 5) is 0. The third kappa shape index (κ3) is 3.22. The molecule has 2 heterocycles. The molecule has 2 aromatic rings. The van der Waals surface area contributed by atoms with Crippen molar-refractivity contribution in [2.45, 2.75) is 51.9 Å². The third-order valence-corrected chi connectivity index (χ3v) is 3.47. The minimum Gasteiger partial charge on any atom is -0.482 e. The molecule has 1 aliphatic carbocycles. The molecule has 0 atom stereocenters. The number of furan rings is 1. The summed E-state index contributed by atoms with van der Waals surface area (Å²) in [6.45, 7) is 5.47. The van der Waals surface area contributed by atoms with E-state index in [1.165, 1.54) is 18.4 Å². The maximum atomic E-state index is 5.74. The van der Waals surface area contributed by atoms with E-state index in [1.54, 1.807) is 12.5 Å². The summed E-state index contributed by atoms with van der Waals surface area (Å²) in [5.41, 5.74) is 1.17. The van der Waals surface area contributed by atoms with Gasteiger partial charge in [-0.25, -0.2) is 0 Å². The van der Waals surface area contributed by atoms with E-state index in [-0.39, 0.29) is 0 Å². The average molecular weight is 275 g/mol. The van der Waals surface area contributed by atoms with Gasteiger partial charge in [-0.1, -0.05) is 0 Å². The number of nitrogens with one attached hydrogen (secondary N) is 1. The molecule has 1 saturated carbocycles. The number of nitrogens with zero attached hydrogens (tertiary/aromatic N) is 2. The van der Waals surface area contributed by atoms with Gasteiger partial charge in [-0.05, 0) is 32.8 Å². The van der Waals surface area contributed by atoms with Crippen LogP contribution in [0.15, 0.2) is 29.1 Å². The first-order valence-corrected chi connectivity index (χ1v) is 7.18. The van der Waals surface area contributed by atoms with E-state index in [1.807, 2.05) is 16.9 Å². The fourth-order valence-electron chi connectivity index (χ4n) is 2.02. The Morgan fingerprint density at radius 3 is 3.05 bits per heavy atom. The summed E-state index contributed by atoms with van der Waals surface area (Å²) >= 11 is 0. The van der Waals surface area contributed by atoms with Crippen LogP contribution >= 0.6 is 0 Å². The molecule has 108 valence electrons. The van der Waals surface area contributed by atoms with Crippen LogP contribution in [0, 0.1) is 0 Å². The Balaban J connectivity index is 1.55. The van der Waals surface area contributed by atoms with Gasteiger partial charge >= 0.3 is 0 Å². The van der Waals surface area contributed by atoms with Crippen LogP contribution in [0.4, 0.5) is 0 Å². The molecule has 0 radical (unpaired) electrons. The molecule has 1 N–H and O–H groups in total. The molecule has 1 aliphatic rings. The van der Waals surface area contributed by atoms with Crippen LogP contribution in [0.5, 0.6) is 5.75 Å². The lowest BCUT2D eigenvalue weighted by Gasteiger charge is -2.06. The van der Waals surface area contributed by atoms with Crippen LogP contribution in [0.1, 0.15) is 44.1 Å². The molecule has 0 bridgehead atoms. The molecule has 0 saturated heterocycles. The number of hydrogen-bond donors (Lipinski definition) is 1. The van der Waals surface area contributed by atoms with Crippen molar-refractivity contribution < 1.29 is 9.15 Å². The van der Waals surface area contributed by atoms with Crippen LogP contribution < -0.4 is 10.1 Å². The van der Waals surface area contributed by atoms with E-state index in [9.17, 15) is 0 Å². The van der Waals surface area contributed by atoms with E-state index >= 15 is 0 Å². The summed E-state index contributed by atoms with van der Waals surface area (Å²) in [6.07, 6.45) is 7.96. The molecule has 0 unspecified atom stereocenters. The lowest BCUT2D eigenvalue weighted by Crippen LogP contribution is -2.16. The number of rotatable bonds is 7. The summed E-state index contributed by atoms with van der Waals surface area (Å²) in [7, 11) is 0. The quantitative estimate of drug-likeness (QED) is 0.844. The van der Waals surface area contributed by atoms with Gasteiger partial charge in [-0.15, -0.1) is 0 Å². The Hall–Kier alpha value is -1.75. The second-order valence-corrected chi connectivity index (χ2v) is 5.56. The van der Waals surface area contributed by atoms with Crippen molar-refractivity contribution >= 4 is 0 Å². The SMILES string of the molecule is CC(C)n1cc(OCc2occc2CNC2CC2)cn1. The number of hydrogen-bond acceptors (Lipinski definition) is 4. The van der Waals surface area contributed by atoms with Crippen molar-refractivity contribution in [1.82, 2.24) is 15.1 Å². The Bertz CT molecular complexity index is 555. The monoisotopic (exact) mass is 275 g/mol. The largest absolute Gasteiger partial charge is 0.482 e. The Kier molecular flexibility index (Phi) is 3.78. The van der Waals surface area contributed by atoms with Gasteiger partial charge in [0.15, 0.2) is 5.75 Å². The molecule has 5 heteroatoms. The zero-order valence-corrected chi connectivity index (χ0v) is 12.0. The highest BCUT2D eigenvalue weighted by Crippen LogP contribution is 2.21. The zero-order valence-electron chi connectivity index (χ0n) is 12.0. The van der Waals surface area contributed by atoms with Gasteiger partial charge in [0.05, 0.1) is 18.7 Å². The van der Waals surface area contributed by atoms with Crippen molar-refractivity contribution in [2.75, 3.05) is 0 Å². The van der Waals surface area contributed by atoms with Gasteiger partial charge in [0.1, 0.15) is 12.4 Å². The molecular weight excluding hydrogens is 254 g/mol. The Labute approximate surface area is 118 Å². The van der Waals surface area contributed by atoms with Gasteiger partial charge in [-0.3, -0.25) is 4.68 Å². The predicted molar refractivity (Wildman–Crippen MR) is 75.5 cm³/mol. The highest BCUT2D eigenvalue weighted by molar-refractivity contribution is 5.18. The van der Waals surface area contributed by atoms with Gasteiger partial charge in [-0.2, -0.15) is 5.10 Å². The van der Waals surface area contributed by atoms with E-state index in [0.29, 0.717) is 18.7 Å². The highest BCUT2D eigenvalue weighted by atomic mass is 16.5. The van der Waals surface area contributed by atoms with E-state index < -0.39 is 0 Å². The van der Waals surface area contributed by atoms with Crippen molar-refractivity contribution in [3.8, 4) is 5.75 Å². The minimum atomic E-state index is 0.342. The topological polar surface area (TPSA) is 52.2 Å². The van der Waals surface area contributed by atoms with Crippen LogP contribution in [0.2, 0.25) is 0 Å². The second-order valence-electron chi connectivity index (χ2n) is 5.56. The van der Waals surface area contributed by atoms with Crippen molar-refractivity contribution in [2.24, 2.45) is 0 Å². The van der Waals surface area contributed by atoms with Gasteiger partial charge in [0.2, 0.25) is 0 Å². The summed E-state index contributed by atoms with van der Waals surface area (Å²) in [5.74, 6) is 1.66. The fraction of sp³-hybridized carbons (Fsp3) is 0.533. The molecule has 0 spiro atoms. The summed E-state index contributed by atoms with van der Waals surface area (Å²) in [6, 6.07) is 3.04. The first-order chi connectivity index (χ1) is 9.72. The van der Waals surface area contributed by atoms with E-state index in [0.717, 1.165) is 18.1 Å². The molecule has 3 rings (SSSR count). The first-order valence-electron chi connectivity index (χ1n) is 7.18. The highest BCUT2D eigenvalue weighted by Gasteiger charge is 2.21. The molecule has 0 aromatic carbocycles. The van der Waals surface area contributed by atoms with E-state index in [2.05, 4.69) is 24.3 Å². The minimum absolute atomic E-state index is 0.342. The van der Waals surface area contributed by atoms with Gasteiger partial charge in [0.25, 0.3) is 0 Å². The maximum absolute atomic E-state index is 5.74. The van der Waals surface area contributed by atoms with Crippen LogP contribution in [0.25, 0.3) is 0 Å². The average Bonchev–Trinajstić information content (AvgIpc) is 2.96. The molecular formula is C15H21N3O2. The van der Waals surface area contributed by atoms with Crippen molar-refractivity contribution in [1.29, 1.82) is 0 Å². The predicted octanol–water partition coefficient (Wildman–Crippen LogP) is 2.89. The summed E-state index contributed by atoms with van der Waals surface area (Å²) in [5, 5.41) is 7.74. The molecule has 0 amide bonds. The number of ether oxygens (including phenoxy) is 1. The molecule has 5 nitrogen and oxygen atoms in total.